The highest BCUT2D eigenvalue weighted by Gasteiger charge is 2.24. The van der Waals surface area contributed by atoms with Crippen molar-refractivity contribution in [3.63, 3.8) is 0 Å². The average molecular weight is 373 g/mol. The normalized spacial score (nSPS) is 16.8. The average Bonchev–Trinajstić information content (AvgIpc) is 2.96. The molecule has 1 saturated heterocycles. The number of primary amides is 1. The van der Waals surface area contributed by atoms with Crippen molar-refractivity contribution in [1.29, 1.82) is 0 Å². The third-order valence-corrected chi connectivity index (χ3v) is 4.31. The lowest BCUT2D eigenvalue weighted by molar-refractivity contribution is -0.137. The van der Waals surface area contributed by atoms with E-state index in [1.165, 1.54) is 6.92 Å². The van der Waals surface area contributed by atoms with E-state index in [2.05, 4.69) is 10.4 Å². The topological polar surface area (TPSA) is 112 Å². The van der Waals surface area contributed by atoms with Crippen LogP contribution in [0.1, 0.15) is 12.5 Å². The molecule has 1 aromatic heterocycles. The molecule has 1 aromatic carbocycles. The molecule has 0 spiro atoms. The number of rotatable bonds is 5. The van der Waals surface area contributed by atoms with Gasteiger partial charge in [-0.2, -0.15) is 0 Å². The lowest BCUT2D eigenvalue weighted by atomic mass is 10.3. The molecule has 0 radical (unpaired) electrons. The van der Waals surface area contributed by atoms with Crippen molar-refractivity contribution >= 4 is 17.8 Å². The third kappa shape index (κ3) is 4.37. The Hall–Kier alpha value is -3.07. The maximum atomic E-state index is 11.5. The van der Waals surface area contributed by atoms with E-state index >= 15 is 0 Å². The lowest BCUT2D eigenvalue weighted by Gasteiger charge is -2.31. The zero-order valence-electron chi connectivity index (χ0n) is 15.3. The number of anilines is 1. The molecule has 1 unspecified atom stereocenters. The summed E-state index contributed by atoms with van der Waals surface area (Å²) in [6.07, 6.45) is -0.239. The molecule has 0 saturated carbocycles. The number of benzene rings is 1. The van der Waals surface area contributed by atoms with E-state index in [9.17, 15) is 9.59 Å². The van der Waals surface area contributed by atoms with Gasteiger partial charge in [0.25, 0.3) is 0 Å². The molecule has 0 aliphatic carbocycles. The van der Waals surface area contributed by atoms with Crippen molar-refractivity contribution in [2.45, 2.75) is 20.0 Å². The van der Waals surface area contributed by atoms with Gasteiger partial charge in [0, 0.05) is 13.5 Å². The lowest BCUT2D eigenvalue weighted by Crippen LogP contribution is -2.46. The molecule has 0 bridgehead atoms. The molecule has 2 heterocycles. The number of ether oxygens (including phenoxy) is 2. The Morgan fingerprint density at radius 2 is 2.11 bits per heavy atom. The molecule has 1 aliphatic heterocycles. The van der Waals surface area contributed by atoms with Crippen LogP contribution in [0, 0.1) is 6.92 Å². The molecular weight excluding hydrogens is 350 g/mol. The van der Waals surface area contributed by atoms with Crippen LogP contribution in [-0.4, -0.2) is 59.0 Å². The van der Waals surface area contributed by atoms with Crippen LogP contribution in [0.15, 0.2) is 30.3 Å². The van der Waals surface area contributed by atoms with Gasteiger partial charge in [-0.25, -0.2) is 9.48 Å². The highest BCUT2D eigenvalue weighted by atomic mass is 16.5. The molecule has 27 heavy (non-hydrogen) atoms. The zero-order chi connectivity index (χ0) is 19.4. The minimum atomic E-state index is -0.686. The fraction of sp³-hybridized carbons (Fsp3) is 0.389. The predicted molar refractivity (Wildman–Crippen MR) is 99.0 cm³/mol. The van der Waals surface area contributed by atoms with Gasteiger partial charge in [-0.15, -0.1) is 5.10 Å². The first-order valence-corrected chi connectivity index (χ1v) is 8.67. The van der Waals surface area contributed by atoms with E-state index in [4.69, 9.17) is 15.2 Å². The molecule has 3 rings (SSSR count). The van der Waals surface area contributed by atoms with Gasteiger partial charge < -0.3 is 20.1 Å². The minimum absolute atomic E-state index is 0.0146. The monoisotopic (exact) mass is 373 g/mol. The summed E-state index contributed by atoms with van der Waals surface area (Å²) in [6, 6.07) is 8.66. The van der Waals surface area contributed by atoms with E-state index in [1.807, 2.05) is 30.3 Å². The van der Waals surface area contributed by atoms with Crippen molar-refractivity contribution in [1.82, 2.24) is 14.7 Å². The zero-order valence-corrected chi connectivity index (χ0v) is 15.3. The van der Waals surface area contributed by atoms with Gasteiger partial charge in [-0.05, 0) is 19.1 Å². The number of nitrogens with two attached hydrogens (primary N) is 1. The van der Waals surface area contributed by atoms with Gasteiger partial charge in [-0.3, -0.25) is 10.1 Å². The number of hydrogen-bond acceptors (Lipinski definition) is 5. The fourth-order valence-corrected chi connectivity index (χ4v) is 2.91. The summed E-state index contributed by atoms with van der Waals surface area (Å²) in [7, 11) is 0. The molecule has 1 atom stereocenters. The number of nitrogens with one attached hydrogen (secondary N) is 1. The molecular formula is C18H23N5O4. The van der Waals surface area contributed by atoms with Crippen molar-refractivity contribution < 1.29 is 19.1 Å². The summed E-state index contributed by atoms with van der Waals surface area (Å²) in [5, 5.41) is 7.06. The van der Waals surface area contributed by atoms with E-state index in [1.54, 1.807) is 16.5 Å². The predicted octanol–water partition coefficient (Wildman–Crippen LogP) is 1.30. The van der Waals surface area contributed by atoms with Crippen molar-refractivity contribution in [3.05, 3.63) is 35.9 Å². The Labute approximate surface area is 157 Å². The standard InChI is InChI=1S/C18H23N5O4/c1-12-16(20-18(19)25)23(14-6-4-3-5-7-14)21-17(12)27-11-15-10-22(13(2)24)8-9-26-15/h3-7,15H,8-11H2,1-2H3,(H3,19,20,25). The van der Waals surface area contributed by atoms with E-state index in [-0.39, 0.29) is 18.6 Å². The highest BCUT2D eigenvalue weighted by Crippen LogP contribution is 2.28. The smallest absolute Gasteiger partial charge is 0.317 e. The van der Waals surface area contributed by atoms with Crippen LogP contribution in [-0.2, 0) is 9.53 Å². The summed E-state index contributed by atoms with van der Waals surface area (Å²) >= 11 is 0. The van der Waals surface area contributed by atoms with Crippen molar-refractivity contribution in [3.8, 4) is 11.6 Å². The molecule has 9 nitrogen and oxygen atoms in total. The second kappa shape index (κ2) is 8.09. The largest absolute Gasteiger partial charge is 0.474 e. The first-order valence-electron chi connectivity index (χ1n) is 8.67. The van der Waals surface area contributed by atoms with E-state index in [0.29, 0.717) is 37.0 Å². The third-order valence-electron chi connectivity index (χ3n) is 4.31. The van der Waals surface area contributed by atoms with E-state index < -0.39 is 6.03 Å². The number of morpholine rings is 1. The fourth-order valence-electron chi connectivity index (χ4n) is 2.91. The number of aromatic nitrogens is 2. The van der Waals surface area contributed by atoms with Crippen LogP contribution in [0.25, 0.3) is 5.69 Å². The number of carbonyl (C=O) groups excluding carboxylic acids is 2. The number of hydrogen-bond donors (Lipinski definition) is 2. The Bertz CT molecular complexity index is 821. The van der Waals surface area contributed by atoms with Gasteiger partial charge in [0.2, 0.25) is 11.8 Å². The number of urea groups is 1. The molecule has 3 amide bonds. The number of nitrogens with zero attached hydrogens (tertiary/aromatic N) is 3. The number of para-hydroxylation sites is 1. The molecule has 144 valence electrons. The molecule has 1 aliphatic rings. The quantitative estimate of drug-likeness (QED) is 0.820. The maximum absolute atomic E-state index is 11.5. The van der Waals surface area contributed by atoms with Crippen LogP contribution in [0.5, 0.6) is 5.88 Å². The Kier molecular flexibility index (Phi) is 5.60. The van der Waals surface area contributed by atoms with Crippen molar-refractivity contribution in [2.75, 3.05) is 31.6 Å². The second-order valence-electron chi connectivity index (χ2n) is 6.28. The first kappa shape index (κ1) is 18.7. The van der Waals surface area contributed by atoms with Gasteiger partial charge in [0.15, 0.2) is 0 Å². The summed E-state index contributed by atoms with van der Waals surface area (Å²) in [4.78, 5) is 24.7. The van der Waals surface area contributed by atoms with Crippen LogP contribution in [0.4, 0.5) is 10.6 Å². The molecule has 2 aromatic rings. The van der Waals surface area contributed by atoms with Crippen LogP contribution >= 0.6 is 0 Å². The summed E-state index contributed by atoms with van der Waals surface area (Å²) in [5.74, 6) is 0.825. The second-order valence-corrected chi connectivity index (χ2v) is 6.28. The highest BCUT2D eigenvalue weighted by molar-refractivity contribution is 5.88. The number of carbonyl (C=O) groups is 2. The first-order chi connectivity index (χ1) is 13.0. The van der Waals surface area contributed by atoms with E-state index in [0.717, 1.165) is 5.69 Å². The van der Waals surface area contributed by atoms with Gasteiger partial charge >= 0.3 is 6.03 Å². The molecule has 1 fully saturated rings. The summed E-state index contributed by atoms with van der Waals surface area (Å²) in [5.41, 5.74) is 6.70. The Morgan fingerprint density at radius 3 is 2.78 bits per heavy atom. The molecule has 3 N–H and O–H groups in total. The minimum Gasteiger partial charge on any atom is -0.474 e. The van der Waals surface area contributed by atoms with Crippen LogP contribution in [0.2, 0.25) is 0 Å². The van der Waals surface area contributed by atoms with Gasteiger partial charge in [-0.1, -0.05) is 18.2 Å². The van der Waals surface area contributed by atoms with Gasteiger partial charge in [0.05, 0.1) is 24.4 Å². The Balaban J connectivity index is 1.78. The molecule has 9 heteroatoms. The Morgan fingerprint density at radius 1 is 1.37 bits per heavy atom. The van der Waals surface area contributed by atoms with Crippen LogP contribution < -0.4 is 15.8 Å². The van der Waals surface area contributed by atoms with Crippen LogP contribution in [0.3, 0.4) is 0 Å². The maximum Gasteiger partial charge on any atom is 0.317 e. The van der Waals surface area contributed by atoms with Gasteiger partial charge in [0.1, 0.15) is 18.5 Å². The number of amides is 3. The van der Waals surface area contributed by atoms with Crippen molar-refractivity contribution in [2.24, 2.45) is 5.73 Å². The SMILES string of the molecule is CC(=O)N1CCOC(COc2nn(-c3ccccc3)c(NC(N)=O)c2C)C1. The summed E-state index contributed by atoms with van der Waals surface area (Å²) < 4.78 is 13.1. The summed E-state index contributed by atoms with van der Waals surface area (Å²) in [6.45, 7) is 5.10.